The van der Waals surface area contributed by atoms with Gasteiger partial charge in [0.1, 0.15) is 0 Å². The van der Waals surface area contributed by atoms with E-state index in [1.165, 1.54) is 0 Å². The molecule has 1 amide bonds. The van der Waals surface area contributed by atoms with Crippen molar-refractivity contribution in [2.24, 2.45) is 5.92 Å². The molecule has 0 unspecified atom stereocenters. The standard InChI is InChI=1S/C11H19NO4/c1-7(2)16-4-3-10(13)12-9-5-8(6-9)11(14)15/h7-9H,3-6H2,1-2H3,(H,12,13)(H,14,15). The minimum absolute atomic E-state index is 0.0349. The molecule has 0 aromatic rings. The van der Waals surface area contributed by atoms with E-state index in [4.69, 9.17) is 9.84 Å². The van der Waals surface area contributed by atoms with Gasteiger partial charge in [-0.15, -0.1) is 0 Å². The van der Waals surface area contributed by atoms with Crippen LogP contribution in [0.25, 0.3) is 0 Å². The molecular weight excluding hydrogens is 210 g/mol. The zero-order valence-electron chi connectivity index (χ0n) is 9.73. The Bertz CT molecular complexity index is 259. The molecule has 5 heteroatoms. The summed E-state index contributed by atoms with van der Waals surface area (Å²) in [6, 6.07) is 0.0349. The van der Waals surface area contributed by atoms with Gasteiger partial charge in [-0.2, -0.15) is 0 Å². The number of nitrogens with one attached hydrogen (secondary N) is 1. The predicted molar refractivity (Wildman–Crippen MR) is 58.0 cm³/mol. The van der Waals surface area contributed by atoms with Crippen molar-refractivity contribution in [1.82, 2.24) is 5.32 Å². The van der Waals surface area contributed by atoms with E-state index in [0.29, 0.717) is 25.9 Å². The molecule has 0 saturated heterocycles. The van der Waals surface area contributed by atoms with E-state index in [-0.39, 0.29) is 24.0 Å². The molecule has 1 rings (SSSR count). The van der Waals surface area contributed by atoms with Crippen molar-refractivity contribution < 1.29 is 19.4 Å². The number of carbonyl (C=O) groups is 2. The Labute approximate surface area is 95.2 Å². The van der Waals surface area contributed by atoms with Crippen LogP contribution in [0, 0.1) is 5.92 Å². The molecule has 1 saturated carbocycles. The third kappa shape index (κ3) is 4.18. The Morgan fingerprint density at radius 3 is 2.56 bits per heavy atom. The molecule has 1 aliphatic carbocycles. The maximum absolute atomic E-state index is 11.4. The van der Waals surface area contributed by atoms with Crippen molar-refractivity contribution >= 4 is 11.9 Å². The Hall–Kier alpha value is -1.10. The first-order valence-corrected chi connectivity index (χ1v) is 5.62. The number of carboxylic acid groups (broad SMARTS) is 1. The van der Waals surface area contributed by atoms with Crippen molar-refractivity contribution in [3.05, 3.63) is 0 Å². The lowest BCUT2D eigenvalue weighted by Crippen LogP contribution is -2.46. The van der Waals surface area contributed by atoms with Gasteiger partial charge in [-0.05, 0) is 26.7 Å². The monoisotopic (exact) mass is 229 g/mol. The summed E-state index contributed by atoms with van der Waals surface area (Å²) in [6.45, 7) is 4.25. The van der Waals surface area contributed by atoms with Crippen molar-refractivity contribution in [1.29, 1.82) is 0 Å². The summed E-state index contributed by atoms with van der Waals surface area (Å²) in [7, 11) is 0. The molecule has 0 aromatic heterocycles. The molecule has 16 heavy (non-hydrogen) atoms. The summed E-state index contributed by atoms with van der Waals surface area (Å²) in [5.74, 6) is -1.11. The van der Waals surface area contributed by atoms with Crippen LogP contribution < -0.4 is 5.32 Å². The van der Waals surface area contributed by atoms with Gasteiger partial charge in [0.05, 0.1) is 18.6 Å². The average molecular weight is 229 g/mol. The zero-order valence-corrected chi connectivity index (χ0v) is 9.73. The van der Waals surface area contributed by atoms with Gasteiger partial charge in [-0.3, -0.25) is 9.59 Å². The SMILES string of the molecule is CC(C)OCCC(=O)NC1CC(C(=O)O)C1. The fourth-order valence-electron chi connectivity index (χ4n) is 1.62. The van der Waals surface area contributed by atoms with E-state index in [1.807, 2.05) is 13.8 Å². The smallest absolute Gasteiger partial charge is 0.306 e. The van der Waals surface area contributed by atoms with Crippen LogP contribution in [0.15, 0.2) is 0 Å². The van der Waals surface area contributed by atoms with Gasteiger partial charge in [-0.1, -0.05) is 0 Å². The molecular formula is C11H19NO4. The summed E-state index contributed by atoms with van der Waals surface area (Å²) in [4.78, 5) is 21.9. The van der Waals surface area contributed by atoms with E-state index < -0.39 is 5.97 Å². The van der Waals surface area contributed by atoms with Crippen LogP contribution in [0.2, 0.25) is 0 Å². The van der Waals surface area contributed by atoms with Gasteiger partial charge >= 0.3 is 5.97 Å². The second-order valence-electron chi connectivity index (χ2n) is 4.44. The number of aliphatic carboxylic acids is 1. The summed E-state index contributed by atoms with van der Waals surface area (Å²) >= 11 is 0. The highest BCUT2D eigenvalue weighted by molar-refractivity contribution is 5.77. The molecule has 0 heterocycles. The molecule has 0 aromatic carbocycles. The quantitative estimate of drug-likeness (QED) is 0.705. The fraction of sp³-hybridized carbons (Fsp3) is 0.818. The zero-order chi connectivity index (χ0) is 12.1. The van der Waals surface area contributed by atoms with E-state index in [1.54, 1.807) is 0 Å². The number of amides is 1. The minimum atomic E-state index is -0.770. The topological polar surface area (TPSA) is 75.6 Å². The minimum Gasteiger partial charge on any atom is -0.481 e. The normalized spacial score (nSPS) is 23.9. The highest BCUT2D eigenvalue weighted by atomic mass is 16.5. The first kappa shape index (κ1) is 13.0. The number of carbonyl (C=O) groups excluding carboxylic acids is 1. The summed E-state index contributed by atoms with van der Waals surface area (Å²) < 4.78 is 5.25. The Morgan fingerprint density at radius 1 is 1.44 bits per heavy atom. The van der Waals surface area contributed by atoms with E-state index in [9.17, 15) is 9.59 Å². The van der Waals surface area contributed by atoms with Gasteiger partial charge < -0.3 is 15.2 Å². The lowest BCUT2D eigenvalue weighted by molar-refractivity contribution is -0.146. The van der Waals surface area contributed by atoms with Crippen LogP contribution in [0.1, 0.15) is 33.1 Å². The third-order valence-corrected chi connectivity index (χ3v) is 2.63. The molecule has 1 aliphatic rings. The van der Waals surface area contributed by atoms with Crippen LogP contribution in [0.5, 0.6) is 0 Å². The summed E-state index contributed by atoms with van der Waals surface area (Å²) in [5.41, 5.74) is 0. The molecule has 92 valence electrons. The highest BCUT2D eigenvalue weighted by Crippen LogP contribution is 2.27. The Morgan fingerprint density at radius 2 is 2.06 bits per heavy atom. The molecule has 0 spiro atoms. The van der Waals surface area contributed by atoms with Crippen LogP contribution in [0.3, 0.4) is 0 Å². The Kier molecular flexibility index (Phi) is 4.73. The molecule has 0 bridgehead atoms. The van der Waals surface area contributed by atoms with Gasteiger partial charge in [-0.25, -0.2) is 0 Å². The second-order valence-corrected chi connectivity index (χ2v) is 4.44. The van der Waals surface area contributed by atoms with Crippen LogP contribution >= 0.6 is 0 Å². The molecule has 0 radical (unpaired) electrons. The van der Waals surface area contributed by atoms with Gasteiger partial charge in [0.2, 0.25) is 5.91 Å². The Balaban J connectivity index is 2.06. The molecule has 5 nitrogen and oxygen atoms in total. The van der Waals surface area contributed by atoms with E-state index in [0.717, 1.165) is 0 Å². The molecule has 2 N–H and O–H groups in total. The number of rotatable bonds is 6. The first-order valence-electron chi connectivity index (χ1n) is 5.62. The second kappa shape index (κ2) is 5.84. The van der Waals surface area contributed by atoms with Gasteiger partial charge in [0.15, 0.2) is 0 Å². The van der Waals surface area contributed by atoms with Crippen molar-refractivity contribution in [2.45, 2.75) is 45.3 Å². The lowest BCUT2D eigenvalue weighted by Gasteiger charge is -2.32. The number of hydrogen-bond acceptors (Lipinski definition) is 3. The maximum atomic E-state index is 11.4. The van der Waals surface area contributed by atoms with Crippen LogP contribution in [-0.2, 0) is 14.3 Å². The summed E-state index contributed by atoms with van der Waals surface area (Å²) in [5, 5.41) is 11.4. The predicted octanol–water partition coefficient (Wildman–Crippen LogP) is 0.781. The number of carboxylic acids is 1. The van der Waals surface area contributed by atoms with Crippen molar-refractivity contribution in [2.75, 3.05) is 6.61 Å². The fourth-order valence-corrected chi connectivity index (χ4v) is 1.62. The average Bonchev–Trinajstić information content (AvgIpc) is 2.09. The first-order chi connectivity index (χ1) is 7.49. The van der Waals surface area contributed by atoms with E-state index >= 15 is 0 Å². The largest absolute Gasteiger partial charge is 0.481 e. The van der Waals surface area contributed by atoms with Crippen LogP contribution in [0.4, 0.5) is 0 Å². The van der Waals surface area contributed by atoms with Crippen molar-refractivity contribution in [3.8, 4) is 0 Å². The van der Waals surface area contributed by atoms with E-state index in [2.05, 4.69) is 5.32 Å². The molecule has 0 atom stereocenters. The van der Waals surface area contributed by atoms with Gasteiger partial charge in [0.25, 0.3) is 0 Å². The van der Waals surface area contributed by atoms with Crippen LogP contribution in [-0.4, -0.2) is 35.7 Å². The number of ether oxygens (including phenoxy) is 1. The molecule has 1 fully saturated rings. The van der Waals surface area contributed by atoms with Crippen molar-refractivity contribution in [3.63, 3.8) is 0 Å². The maximum Gasteiger partial charge on any atom is 0.306 e. The summed E-state index contributed by atoms with van der Waals surface area (Å²) in [6.07, 6.45) is 1.57. The van der Waals surface area contributed by atoms with Gasteiger partial charge in [0, 0.05) is 12.5 Å². The highest BCUT2D eigenvalue weighted by Gasteiger charge is 2.34. The lowest BCUT2D eigenvalue weighted by atomic mass is 9.80. The third-order valence-electron chi connectivity index (χ3n) is 2.63. The molecule has 0 aliphatic heterocycles. The number of hydrogen-bond donors (Lipinski definition) is 2.